The lowest BCUT2D eigenvalue weighted by Crippen LogP contribution is -2.26. The van der Waals surface area contributed by atoms with Crippen LogP contribution in [0.25, 0.3) is 92.2 Å². The second-order valence-corrected chi connectivity index (χ2v) is 23.0. The Morgan fingerprint density at radius 3 is 1.39 bits per heavy atom. The van der Waals surface area contributed by atoms with E-state index in [0.29, 0.717) is 0 Å². The summed E-state index contributed by atoms with van der Waals surface area (Å²) in [5, 5.41) is 4.97. The van der Waals surface area contributed by atoms with Crippen LogP contribution in [-0.2, 0) is 5.41 Å². The van der Waals surface area contributed by atoms with Crippen LogP contribution < -0.4 is 9.80 Å². The van der Waals surface area contributed by atoms with E-state index in [1.807, 2.05) is 11.3 Å². The molecule has 15 aromatic rings. The molecule has 0 N–H and O–H groups in total. The Labute approximate surface area is 486 Å². The highest BCUT2D eigenvalue weighted by Gasteiger charge is 2.51. The standard InChI is InChI=1S/C79H51N3S/c1-5-23-52(24-6-1)53-41-43-58(44-42-53)80(55-25-7-2-8-26-55)60-47-54(68-51-69-66-34-16-21-39-74(66)82(57-29-11-4-12-30-57)77(69)76-67-35-17-22-40-75(67)83-78(68)76)48-61(49-60)81(56-27-9-3-10-28-56)59-45-46-65-64-33-15-20-38-72(64)79(73(65)50-59)70-36-18-13-31-62(70)63-32-14-19-37-71(63)79/h1-51H. The highest BCUT2D eigenvalue weighted by molar-refractivity contribution is 7.26. The first-order valence-corrected chi connectivity index (χ1v) is 29.4. The minimum absolute atomic E-state index is 0.512. The summed E-state index contributed by atoms with van der Waals surface area (Å²) in [5.41, 5.74) is 24.5. The van der Waals surface area contributed by atoms with Gasteiger partial charge in [-0.25, -0.2) is 0 Å². The van der Waals surface area contributed by atoms with Gasteiger partial charge < -0.3 is 14.4 Å². The van der Waals surface area contributed by atoms with Gasteiger partial charge in [-0.05, 0) is 158 Å². The smallest absolute Gasteiger partial charge is 0.0726 e. The molecule has 1 spiro atoms. The third kappa shape index (κ3) is 7.16. The molecule has 2 aliphatic rings. The van der Waals surface area contributed by atoms with E-state index in [1.165, 1.54) is 103 Å². The molecule has 83 heavy (non-hydrogen) atoms. The van der Waals surface area contributed by atoms with E-state index < -0.39 is 5.41 Å². The van der Waals surface area contributed by atoms with Gasteiger partial charge in [0.2, 0.25) is 0 Å². The Hall–Kier alpha value is -10.5. The molecular weight excluding hydrogens is 1020 g/mol. The van der Waals surface area contributed by atoms with Crippen molar-refractivity contribution in [3.63, 3.8) is 0 Å². The Balaban J connectivity index is 0.965. The number of nitrogens with zero attached hydrogens (tertiary/aromatic N) is 3. The van der Waals surface area contributed by atoms with E-state index >= 15 is 0 Å². The number of anilines is 6. The summed E-state index contributed by atoms with van der Waals surface area (Å²) in [6.45, 7) is 0. The first kappa shape index (κ1) is 47.3. The first-order valence-electron chi connectivity index (χ1n) is 28.6. The first-order chi connectivity index (χ1) is 41.2. The van der Waals surface area contributed by atoms with Gasteiger partial charge in [-0.2, -0.15) is 0 Å². The monoisotopic (exact) mass is 1070 g/mol. The van der Waals surface area contributed by atoms with Gasteiger partial charge in [-0.1, -0.05) is 212 Å². The molecule has 4 heteroatoms. The van der Waals surface area contributed by atoms with Gasteiger partial charge in [0.15, 0.2) is 0 Å². The lowest BCUT2D eigenvalue weighted by Gasteiger charge is -2.33. The number of thiophene rings is 1. The molecule has 0 aliphatic heterocycles. The molecule has 3 nitrogen and oxygen atoms in total. The second kappa shape index (κ2) is 18.8. The topological polar surface area (TPSA) is 11.4 Å². The van der Waals surface area contributed by atoms with Crippen molar-refractivity contribution >= 4 is 87.4 Å². The maximum atomic E-state index is 2.51. The van der Waals surface area contributed by atoms with E-state index in [1.54, 1.807) is 0 Å². The fourth-order valence-corrected chi connectivity index (χ4v) is 15.4. The quantitative estimate of drug-likeness (QED) is 0.143. The van der Waals surface area contributed by atoms with Crippen LogP contribution in [0, 0.1) is 0 Å². The minimum Gasteiger partial charge on any atom is -0.310 e. The largest absolute Gasteiger partial charge is 0.310 e. The second-order valence-electron chi connectivity index (χ2n) is 21.9. The number of benzene rings is 13. The zero-order valence-electron chi connectivity index (χ0n) is 45.2. The fraction of sp³-hybridized carbons (Fsp3) is 0.0127. The molecule has 0 unspecified atom stereocenters. The molecule has 0 radical (unpaired) electrons. The van der Waals surface area contributed by atoms with Gasteiger partial charge in [0.05, 0.1) is 16.4 Å². The Morgan fingerprint density at radius 1 is 0.289 bits per heavy atom. The summed E-state index contributed by atoms with van der Waals surface area (Å²) in [7, 11) is 0. The van der Waals surface area contributed by atoms with Crippen molar-refractivity contribution in [3.05, 3.63) is 332 Å². The van der Waals surface area contributed by atoms with Gasteiger partial charge >= 0.3 is 0 Å². The highest BCUT2D eigenvalue weighted by atomic mass is 32.1. The van der Waals surface area contributed by atoms with Crippen molar-refractivity contribution in [1.29, 1.82) is 0 Å². The Bertz CT molecular complexity index is 4960. The zero-order valence-corrected chi connectivity index (χ0v) is 46.0. The summed E-state index contributed by atoms with van der Waals surface area (Å²) in [4.78, 5) is 4.94. The molecule has 2 aromatic heterocycles. The highest BCUT2D eigenvalue weighted by Crippen LogP contribution is 2.63. The maximum absolute atomic E-state index is 2.51. The van der Waals surface area contributed by atoms with E-state index in [2.05, 4.69) is 324 Å². The number of rotatable bonds is 9. The third-order valence-electron chi connectivity index (χ3n) is 17.5. The number of aromatic nitrogens is 1. The minimum atomic E-state index is -0.512. The molecule has 13 aromatic carbocycles. The van der Waals surface area contributed by atoms with Gasteiger partial charge in [0, 0.05) is 76.3 Å². The molecule has 0 saturated heterocycles. The van der Waals surface area contributed by atoms with Gasteiger partial charge in [0.1, 0.15) is 0 Å². The lowest BCUT2D eigenvalue weighted by molar-refractivity contribution is 0.793. The van der Waals surface area contributed by atoms with Crippen LogP contribution in [0.1, 0.15) is 22.3 Å². The summed E-state index contributed by atoms with van der Waals surface area (Å²) in [6, 6.07) is 115. The Kier molecular flexibility index (Phi) is 10.7. The van der Waals surface area contributed by atoms with Gasteiger partial charge in [0.25, 0.3) is 0 Å². The molecule has 0 bridgehead atoms. The summed E-state index contributed by atoms with van der Waals surface area (Å²) >= 11 is 1.89. The molecule has 2 aliphatic carbocycles. The molecule has 17 rings (SSSR count). The molecular formula is C79H51N3S. The average molecular weight is 1070 g/mol. The predicted octanol–water partition coefficient (Wildman–Crippen LogP) is 21.8. The lowest BCUT2D eigenvalue weighted by atomic mass is 9.70. The van der Waals surface area contributed by atoms with Crippen molar-refractivity contribution in [1.82, 2.24) is 4.57 Å². The molecule has 0 fully saturated rings. The summed E-state index contributed by atoms with van der Waals surface area (Å²) in [6.07, 6.45) is 0. The number of para-hydroxylation sites is 4. The van der Waals surface area contributed by atoms with Gasteiger partial charge in [-0.3, -0.25) is 0 Å². The number of hydrogen-bond donors (Lipinski definition) is 0. The summed E-state index contributed by atoms with van der Waals surface area (Å²) < 4.78 is 5.00. The number of fused-ring (bicyclic) bond motifs is 17. The van der Waals surface area contributed by atoms with Gasteiger partial charge in [-0.15, -0.1) is 11.3 Å². The third-order valence-corrected chi connectivity index (χ3v) is 18.7. The van der Waals surface area contributed by atoms with Crippen molar-refractivity contribution in [2.75, 3.05) is 9.80 Å². The van der Waals surface area contributed by atoms with Crippen LogP contribution in [0.5, 0.6) is 0 Å². The van der Waals surface area contributed by atoms with Crippen LogP contribution in [0.3, 0.4) is 0 Å². The zero-order chi connectivity index (χ0) is 54.6. The van der Waals surface area contributed by atoms with Crippen LogP contribution in [0.15, 0.2) is 309 Å². The molecule has 388 valence electrons. The fourth-order valence-electron chi connectivity index (χ4n) is 14.1. The van der Waals surface area contributed by atoms with E-state index in [-0.39, 0.29) is 0 Å². The maximum Gasteiger partial charge on any atom is 0.0726 e. The number of hydrogen-bond acceptors (Lipinski definition) is 3. The molecule has 0 amide bonds. The van der Waals surface area contributed by atoms with E-state index in [0.717, 1.165) is 45.4 Å². The van der Waals surface area contributed by atoms with Crippen LogP contribution in [-0.4, -0.2) is 4.57 Å². The van der Waals surface area contributed by atoms with E-state index in [9.17, 15) is 0 Å². The van der Waals surface area contributed by atoms with Crippen LogP contribution >= 0.6 is 11.3 Å². The predicted molar refractivity (Wildman–Crippen MR) is 350 cm³/mol. The Morgan fingerprint density at radius 2 is 0.759 bits per heavy atom. The van der Waals surface area contributed by atoms with Crippen molar-refractivity contribution in [3.8, 4) is 50.2 Å². The molecule has 2 heterocycles. The summed E-state index contributed by atoms with van der Waals surface area (Å²) in [5.74, 6) is 0. The van der Waals surface area contributed by atoms with Crippen molar-refractivity contribution in [2.24, 2.45) is 0 Å². The van der Waals surface area contributed by atoms with Crippen molar-refractivity contribution in [2.45, 2.75) is 5.41 Å². The van der Waals surface area contributed by atoms with Crippen LogP contribution in [0.2, 0.25) is 0 Å². The SMILES string of the molecule is c1ccc(-c2ccc(N(c3ccccc3)c3cc(-c4cc5c6ccccc6n(-c6ccccc6)c5c5c4sc4ccccc45)cc(N(c4ccccc4)c4ccc5c(c4)C4(c6ccccc6-c6ccccc64)c4ccccc4-5)c3)cc2)cc1. The molecule has 0 atom stereocenters. The molecule has 0 saturated carbocycles. The van der Waals surface area contributed by atoms with Crippen LogP contribution in [0.4, 0.5) is 34.1 Å². The van der Waals surface area contributed by atoms with E-state index in [4.69, 9.17) is 0 Å². The average Bonchev–Trinajstić information content (AvgIpc) is 1.65. The van der Waals surface area contributed by atoms with Crippen molar-refractivity contribution < 1.29 is 0 Å². The normalized spacial score (nSPS) is 12.7.